The van der Waals surface area contributed by atoms with E-state index in [1.807, 2.05) is 48.7 Å². The first kappa shape index (κ1) is 23.1. The van der Waals surface area contributed by atoms with Crippen LogP contribution >= 0.6 is 11.6 Å². The number of imidazole rings is 1. The van der Waals surface area contributed by atoms with E-state index in [1.54, 1.807) is 0 Å². The molecule has 1 aromatic carbocycles. The summed E-state index contributed by atoms with van der Waals surface area (Å²) >= 11 is 5.64. The van der Waals surface area contributed by atoms with Crippen LogP contribution in [0.3, 0.4) is 0 Å². The van der Waals surface area contributed by atoms with Gasteiger partial charge in [0.25, 0.3) is 0 Å². The molecule has 1 N–H and O–H groups in total. The lowest BCUT2D eigenvalue weighted by Crippen LogP contribution is -2.36. The number of halogens is 1. The first-order valence-corrected chi connectivity index (χ1v) is 11.2. The van der Waals surface area contributed by atoms with Gasteiger partial charge in [-0.2, -0.15) is 0 Å². The van der Waals surface area contributed by atoms with Gasteiger partial charge >= 0.3 is 5.97 Å². The number of anilines is 1. The van der Waals surface area contributed by atoms with Crippen LogP contribution in [-0.4, -0.2) is 26.8 Å². The van der Waals surface area contributed by atoms with E-state index in [9.17, 15) is 4.79 Å². The minimum atomic E-state index is -0.271. The fourth-order valence-corrected chi connectivity index (χ4v) is 4.22. The standard InChI is InChI=1S/C25H32ClN3O2/c1-24(2,3)17-25(4,5)28-23-22(27-20-9-6-7-16-29(20)23)18-11-13-19(14-12-18)31-21(30)10-8-15-26/h6-7,9,11-14,16,28H,8,10,15,17H2,1-5H3. The number of ether oxygens (including phenoxy) is 1. The summed E-state index contributed by atoms with van der Waals surface area (Å²) in [6.07, 6.45) is 3.94. The van der Waals surface area contributed by atoms with E-state index in [0.717, 1.165) is 29.1 Å². The third-order valence-corrected chi connectivity index (χ3v) is 5.10. The van der Waals surface area contributed by atoms with E-state index in [-0.39, 0.29) is 16.9 Å². The molecule has 6 heteroatoms. The number of benzene rings is 1. The maximum absolute atomic E-state index is 11.9. The minimum absolute atomic E-state index is 0.128. The Balaban J connectivity index is 1.91. The number of esters is 1. The van der Waals surface area contributed by atoms with Crippen LogP contribution in [0.15, 0.2) is 48.7 Å². The topological polar surface area (TPSA) is 55.6 Å². The average Bonchev–Trinajstić information content (AvgIpc) is 3.03. The molecule has 3 rings (SSSR count). The Labute approximate surface area is 189 Å². The monoisotopic (exact) mass is 441 g/mol. The lowest BCUT2D eigenvalue weighted by molar-refractivity contribution is -0.134. The molecule has 2 aromatic heterocycles. The van der Waals surface area contributed by atoms with Crippen molar-refractivity contribution in [2.45, 2.75) is 59.4 Å². The molecule has 0 spiro atoms. The highest BCUT2D eigenvalue weighted by Crippen LogP contribution is 2.35. The summed E-state index contributed by atoms with van der Waals surface area (Å²) in [6.45, 7) is 11.2. The first-order valence-electron chi connectivity index (χ1n) is 10.7. The number of carbonyl (C=O) groups excluding carboxylic acids is 1. The van der Waals surface area contributed by atoms with E-state index in [0.29, 0.717) is 24.5 Å². The van der Waals surface area contributed by atoms with Gasteiger partial charge in [-0.3, -0.25) is 9.20 Å². The van der Waals surface area contributed by atoms with Gasteiger partial charge in [0, 0.05) is 29.6 Å². The molecule has 0 saturated carbocycles. The number of hydrogen-bond acceptors (Lipinski definition) is 4. The van der Waals surface area contributed by atoms with Crippen molar-refractivity contribution < 1.29 is 9.53 Å². The van der Waals surface area contributed by atoms with E-state index in [1.165, 1.54) is 0 Å². The Hall–Kier alpha value is -2.53. The molecule has 0 aliphatic rings. The van der Waals surface area contributed by atoms with Gasteiger partial charge in [-0.25, -0.2) is 4.98 Å². The number of fused-ring (bicyclic) bond motifs is 1. The highest BCUT2D eigenvalue weighted by molar-refractivity contribution is 6.17. The van der Waals surface area contributed by atoms with Gasteiger partial charge in [0.05, 0.1) is 0 Å². The van der Waals surface area contributed by atoms with Gasteiger partial charge in [-0.1, -0.05) is 26.8 Å². The molecule has 0 unspecified atom stereocenters. The maximum atomic E-state index is 11.9. The van der Waals surface area contributed by atoms with Gasteiger partial charge in [-0.15, -0.1) is 11.6 Å². The van der Waals surface area contributed by atoms with Gasteiger partial charge in [0.2, 0.25) is 0 Å². The number of aromatic nitrogens is 2. The van der Waals surface area contributed by atoms with Crippen LogP contribution in [0.2, 0.25) is 0 Å². The summed E-state index contributed by atoms with van der Waals surface area (Å²) in [7, 11) is 0. The number of pyridine rings is 1. The molecule has 0 fully saturated rings. The predicted octanol–water partition coefficient (Wildman–Crippen LogP) is 6.55. The van der Waals surface area contributed by atoms with Crippen LogP contribution in [-0.2, 0) is 4.79 Å². The summed E-state index contributed by atoms with van der Waals surface area (Å²) in [5.41, 5.74) is 2.76. The van der Waals surface area contributed by atoms with Gasteiger partial charge in [0.15, 0.2) is 0 Å². The number of nitrogens with zero attached hydrogens (tertiary/aromatic N) is 2. The summed E-state index contributed by atoms with van der Waals surface area (Å²) in [4.78, 5) is 16.7. The molecular formula is C25H32ClN3O2. The van der Waals surface area contributed by atoms with Crippen molar-refractivity contribution in [3.63, 3.8) is 0 Å². The molecule has 3 aromatic rings. The molecule has 0 saturated heterocycles. The number of rotatable bonds is 8. The largest absolute Gasteiger partial charge is 0.427 e. The maximum Gasteiger partial charge on any atom is 0.311 e. The lowest BCUT2D eigenvalue weighted by atomic mass is 9.82. The fourth-order valence-electron chi connectivity index (χ4n) is 4.08. The second-order valence-electron chi connectivity index (χ2n) is 9.78. The van der Waals surface area contributed by atoms with Crippen molar-refractivity contribution in [1.82, 2.24) is 9.38 Å². The number of nitrogens with one attached hydrogen (secondary N) is 1. The molecule has 0 aliphatic heterocycles. The van der Waals surface area contributed by atoms with Crippen molar-refractivity contribution in [2.75, 3.05) is 11.2 Å². The Morgan fingerprint density at radius 2 is 1.81 bits per heavy atom. The average molecular weight is 442 g/mol. The Bertz CT molecular complexity index is 1030. The third kappa shape index (κ3) is 6.23. The highest BCUT2D eigenvalue weighted by atomic mass is 35.5. The molecule has 31 heavy (non-hydrogen) atoms. The van der Waals surface area contributed by atoms with Crippen molar-refractivity contribution in [3.8, 4) is 17.0 Å². The lowest BCUT2D eigenvalue weighted by Gasteiger charge is -2.34. The molecule has 0 amide bonds. The van der Waals surface area contributed by atoms with Crippen LogP contribution in [0.25, 0.3) is 16.9 Å². The van der Waals surface area contributed by atoms with Crippen LogP contribution in [0.1, 0.15) is 53.9 Å². The van der Waals surface area contributed by atoms with Crippen molar-refractivity contribution in [1.29, 1.82) is 0 Å². The summed E-state index contributed by atoms with van der Waals surface area (Å²) in [5.74, 6) is 1.65. The van der Waals surface area contributed by atoms with Crippen LogP contribution in [0.5, 0.6) is 5.75 Å². The molecule has 0 radical (unpaired) electrons. The second kappa shape index (κ2) is 9.31. The molecule has 5 nitrogen and oxygen atoms in total. The Morgan fingerprint density at radius 1 is 1.10 bits per heavy atom. The normalized spacial score (nSPS) is 12.2. The zero-order valence-corrected chi connectivity index (χ0v) is 19.8. The quantitative estimate of drug-likeness (QED) is 0.244. The van der Waals surface area contributed by atoms with Gasteiger partial charge < -0.3 is 10.1 Å². The zero-order chi connectivity index (χ0) is 22.6. The zero-order valence-electron chi connectivity index (χ0n) is 19.0. The predicted molar refractivity (Wildman–Crippen MR) is 128 cm³/mol. The Morgan fingerprint density at radius 3 is 2.45 bits per heavy atom. The summed E-state index contributed by atoms with van der Waals surface area (Å²) in [6, 6.07) is 13.5. The summed E-state index contributed by atoms with van der Waals surface area (Å²) < 4.78 is 7.48. The summed E-state index contributed by atoms with van der Waals surface area (Å²) in [5, 5.41) is 3.74. The van der Waals surface area contributed by atoms with Gasteiger partial charge in [0.1, 0.15) is 22.9 Å². The van der Waals surface area contributed by atoms with Crippen LogP contribution in [0, 0.1) is 5.41 Å². The Kier molecular flexibility index (Phi) is 6.95. The molecule has 0 bridgehead atoms. The SMILES string of the molecule is CC(C)(C)CC(C)(C)Nc1c(-c2ccc(OC(=O)CCCCl)cc2)nc2ccccn12. The number of carbonyl (C=O) groups is 1. The van der Waals surface area contributed by atoms with Crippen molar-refractivity contribution in [2.24, 2.45) is 5.41 Å². The number of hydrogen-bond donors (Lipinski definition) is 1. The van der Waals surface area contributed by atoms with E-state index in [2.05, 4.69) is 44.3 Å². The van der Waals surface area contributed by atoms with E-state index in [4.69, 9.17) is 21.3 Å². The molecular weight excluding hydrogens is 410 g/mol. The smallest absolute Gasteiger partial charge is 0.311 e. The third-order valence-electron chi connectivity index (χ3n) is 4.83. The molecule has 2 heterocycles. The minimum Gasteiger partial charge on any atom is -0.427 e. The first-order chi connectivity index (χ1) is 14.6. The molecule has 0 aliphatic carbocycles. The molecule has 0 atom stereocenters. The second-order valence-corrected chi connectivity index (χ2v) is 10.2. The highest BCUT2D eigenvalue weighted by Gasteiger charge is 2.28. The van der Waals surface area contributed by atoms with Crippen LogP contribution in [0.4, 0.5) is 5.82 Å². The van der Waals surface area contributed by atoms with Crippen LogP contribution < -0.4 is 10.1 Å². The fraction of sp³-hybridized carbons (Fsp3) is 0.440. The van der Waals surface area contributed by atoms with E-state index >= 15 is 0 Å². The number of alkyl halides is 1. The van der Waals surface area contributed by atoms with Crippen molar-refractivity contribution in [3.05, 3.63) is 48.7 Å². The molecule has 166 valence electrons. The van der Waals surface area contributed by atoms with Gasteiger partial charge in [-0.05, 0) is 68.5 Å². The van der Waals surface area contributed by atoms with E-state index < -0.39 is 0 Å². The van der Waals surface area contributed by atoms with Crippen molar-refractivity contribution >= 4 is 29.0 Å².